The van der Waals surface area contributed by atoms with E-state index in [1.165, 1.54) is 61.2 Å². The molecule has 22 heteroatoms. The topological polar surface area (TPSA) is 135 Å². The molecule has 0 saturated carbocycles. The maximum Gasteiger partial charge on any atom is 0.417 e. The summed E-state index contributed by atoms with van der Waals surface area (Å²) < 4.78 is 130. The molecule has 2 aromatic heterocycles. The van der Waals surface area contributed by atoms with Gasteiger partial charge in [-0.2, -0.15) is 32.0 Å². The van der Waals surface area contributed by atoms with Gasteiger partial charge in [0.2, 0.25) is 11.6 Å². The largest absolute Gasteiger partial charge is 0.454 e. The minimum Gasteiger partial charge on any atom is -0.454 e. The summed E-state index contributed by atoms with van der Waals surface area (Å²) in [6, 6.07) is 12.4. The number of urea groups is 2. The van der Waals surface area contributed by atoms with E-state index < -0.39 is 97.2 Å². The summed E-state index contributed by atoms with van der Waals surface area (Å²) in [5.41, 5.74) is -2.52. The van der Waals surface area contributed by atoms with Gasteiger partial charge in [0, 0.05) is 78.6 Å². The highest BCUT2D eigenvalue weighted by Crippen LogP contribution is 2.39. The van der Waals surface area contributed by atoms with E-state index in [0.717, 1.165) is 36.4 Å². The number of hydrogen-bond donors (Lipinski definition) is 2. The summed E-state index contributed by atoms with van der Waals surface area (Å²) in [6.45, 7) is 0. The van der Waals surface area contributed by atoms with Crippen molar-refractivity contribution >= 4 is 80.1 Å². The van der Waals surface area contributed by atoms with Crippen molar-refractivity contribution in [3.8, 4) is 23.0 Å². The van der Waals surface area contributed by atoms with Gasteiger partial charge in [0.1, 0.15) is 17.3 Å². The third-order valence-corrected chi connectivity index (χ3v) is 9.70. The second kappa shape index (κ2) is 17.7. The fourth-order valence-electron chi connectivity index (χ4n) is 6.17. The molecule has 6 aromatic carbocycles. The summed E-state index contributed by atoms with van der Waals surface area (Å²) in [5, 5.41) is 3.57. The van der Waals surface area contributed by atoms with Crippen LogP contribution < -0.4 is 30.1 Å². The predicted molar refractivity (Wildman–Crippen MR) is 223 cm³/mol. The Morgan fingerprint density at radius 2 is 0.938 bits per heavy atom. The Morgan fingerprint density at radius 3 is 1.38 bits per heavy atom. The normalized spacial score (nSPS) is 11.4. The first kappa shape index (κ1) is 43.8. The monoisotopic (exact) mass is 936 g/mol. The average Bonchev–Trinajstić information content (AvgIpc) is 3.27. The van der Waals surface area contributed by atoms with E-state index in [1.807, 2.05) is 0 Å². The van der Waals surface area contributed by atoms with Crippen molar-refractivity contribution in [2.24, 2.45) is 0 Å². The van der Waals surface area contributed by atoms with E-state index in [4.69, 9.17) is 32.7 Å². The first-order chi connectivity index (χ1) is 31.0. The van der Waals surface area contributed by atoms with Gasteiger partial charge in [0.25, 0.3) is 0 Å². The Kier molecular flexibility index (Phi) is 11.9. The highest BCUT2D eigenvalue weighted by atomic mass is 35.5. The van der Waals surface area contributed by atoms with Crippen LogP contribution in [0.4, 0.5) is 67.5 Å². The molecule has 0 aliphatic rings. The van der Waals surface area contributed by atoms with Gasteiger partial charge in [-0.25, -0.2) is 22.8 Å². The number of aromatic nitrogens is 4. The van der Waals surface area contributed by atoms with Crippen LogP contribution in [0.2, 0.25) is 10.0 Å². The molecule has 8 aromatic rings. The Morgan fingerprint density at radius 1 is 0.508 bits per heavy atom. The molecule has 2 N–H and O–H groups in total. The zero-order valence-electron chi connectivity index (χ0n) is 32.1. The molecule has 0 atom stereocenters. The van der Waals surface area contributed by atoms with E-state index in [2.05, 4.69) is 30.6 Å². The van der Waals surface area contributed by atoms with Gasteiger partial charge in [0.15, 0.2) is 23.1 Å². The number of hydrazine groups is 1. The molecular formula is C43H22Cl2F8N8O4. The van der Waals surface area contributed by atoms with Gasteiger partial charge in [-0.3, -0.25) is 19.9 Å². The molecule has 0 bridgehead atoms. The third-order valence-electron chi connectivity index (χ3n) is 9.06. The van der Waals surface area contributed by atoms with Gasteiger partial charge in [0.05, 0.1) is 49.1 Å². The summed E-state index contributed by atoms with van der Waals surface area (Å²) in [7, 11) is 0. The highest BCUT2D eigenvalue weighted by Gasteiger charge is 2.37. The van der Waals surface area contributed by atoms with E-state index in [-0.39, 0.29) is 21.5 Å². The lowest BCUT2D eigenvalue weighted by molar-refractivity contribution is -0.137. The highest BCUT2D eigenvalue weighted by molar-refractivity contribution is 6.31. The molecule has 0 aliphatic carbocycles. The number of carbonyl (C=O) groups is 2. The fraction of sp³-hybridized carbons (Fsp3) is 0.0233. The number of alkyl halides is 3. The number of halogens is 10. The first-order valence-corrected chi connectivity index (χ1v) is 19.1. The minimum atomic E-state index is -5.16. The van der Waals surface area contributed by atoms with Crippen molar-refractivity contribution in [3.05, 3.63) is 167 Å². The number of nitrogens with zero attached hydrogens (tertiary/aromatic N) is 6. The van der Waals surface area contributed by atoms with Crippen LogP contribution in [0, 0.1) is 29.1 Å². The van der Waals surface area contributed by atoms with Crippen LogP contribution in [0.15, 0.2) is 122 Å². The van der Waals surface area contributed by atoms with Crippen molar-refractivity contribution < 1.29 is 54.2 Å². The Hall–Kier alpha value is -7.84. The maximum absolute atomic E-state index is 15.2. The molecule has 328 valence electrons. The van der Waals surface area contributed by atoms with E-state index in [1.54, 1.807) is 0 Å². The lowest BCUT2D eigenvalue weighted by Crippen LogP contribution is -2.54. The van der Waals surface area contributed by atoms with Crippen molar-refractivity contribution in [2.75, 3.05) is 20.7 Å². The summed E-state index contributed by atoms with van der Waals surface area (Å²) in [4.78, 5) is 45.4. The molecule has 12 nitrogen and oxygen atoms in total. The number of hydrogen-bond acceptors (Lipinski definition) is 8. The van der Waals surface area contributed by atoms with Gasteiger partial charge >= 0.3 is 18.2 Å². The van der Waals surface area contributed by atoms with E-state index >= 15 is 22.0 Å². The van der Waals surface area contributed by atoms with Gasteiger partial charge < -0.3 is 20.1 Å². The second-order valence-corrected chi connectivity index (χ2v) is 14.2. The standard InChI is InChI=1S/C43H22Cl2F8N8O4/c44-28-5-1-23(17-27(28)43(51,52)53)60(41(62)58-21-13-31(47)39(49)37(15-21)64-25-3-7-33-35(19-25)56-11-9-54-33)61(24-2-6-29(45)30(46)18-24)42(63)59-22-14-32(48)40(50)38(16-22)65-26-4-8-34-36(20-26)57-12-10-55-34/h1-20H,(H,58,62)(H,59,63). The number of nitrogens with one attached hydrogen (secondary N) is 2. The van der Waals surface area contributed by atoms with Crippen molar-refractivity contribution in [1.29, 1.82) is 0 Å². The molecule has 8 rings (SSSR count). The summed E-state index contributed by atoms with van der Waals surface area (Å²) in [5.74, 6) is -9.01. The van der Waals surface area contributed by atoms with Crippen LogP contribution in [0.3, 0.4) is 0 Å². The molecule has 2 heterocycles. The third kappa shape index (κ3) is 9.43. The molecule has 0 saturated heterocycles. The quantitative estimate of drug-likeness (QED) is 0.114. The van der Waals surface area contributed by atoms with E-state index in [0.29, 0.717) is 46.3 Å². The molecule has 0 unspecified atom stereocenters. The molecule has 0 spiro atoms. The smallest absolute Gasteiger partial charge is 0.417 e. The number of fused-ring (bicyclic) bond motifs is 2. The number of ether oxygens (including phenoxy) is 2. The van der Waals surface area contributed by atoms with Crippen LogP contribution in [-0.2, 0) is 6.18 Å². The number of anilines is 4. The van der Waals surface area contributed by atoms with Crippen molar-refractivity contribution in [3.63, 3.8) is 0 Å². The van der Waals surface area contributed by atoms with Crippen LogP contribution in [0.5, 0.6) is 23.0 Å². The molecule has 4 amide bonds. The van der Waals surface area contributed by atoms with Crippen LogP contribution in [0.1, 0.15) is 5.56 Å². The molecule has 0 fully saturated rings. The first-order valence-electron chi connectivity index (χ1n) is 18.3. The Bertz CT molecular complexity index is 3190. The lowest BCUT2D eigenvalue weighted by atomic mass is 10.2. The average molecular weight is 938 g/mol. The SMILES string of the molecule is O=C(Nc1cc(F)c(F)c(Oc2ccc3nccnc3c2)c1)N(c1ccc(Cl)c(F)c1)N(C(=O)Nc1cc(F)c(F)c(Oc2ccc3nccnc3c2)c1)c1ccc(Cl)c(C(F)(F)F)c1. The van der Waals surface area contributed by atoms with Crippen LogP contribution in [0.25, 0.3) is 22.1 Å². The Labute approximate surface area is 369 Å². The second-order valence-electron chi connectivity index (χ2n) is 13.4. The van der Waals surface area contributed by atoms with Crippen molar-refractivity contribution in [2.45, 2.75) is 6.18 Å². The Balaban J connectivity index is 1.20. The maximum atomic E-state index is 15.2. The molecule has 65 heavy (non-hydrogen) atoms. The zero-order chi connectivity index (χ0) is 46.2. The number of benzene rings is 6. The van der Waals surface area contributed by atoms with Crippen LogP contribution in [-0.4, -0.2) is 32.0 Å². The van der Waals surface area contributed by atoms with Gasteiger partial charge in [-0.15, -0.1) is 0 Å². The van der Waals surface area contributed by atoms with Gasteiger partial charge in [-0.1, -0.05) is 23.2 Å². The number of carbonyl (C=O) groups excluding carboxylic acids is 2. The molecule has 0 radical (unpaired) electrons. The van der Waals surface area contributed by atoms with Crippen LogP contribution >= 0.6 is 23.2 Å². The number of amides is 4. The summed E-state index contributed by atoms with van der Waals surface area (Å²) >= 11 is 11.8. The number of rotatable bonds is 8. The summed E-state index contributed by atoms with van der Waals surface area (Å²) in [6.07, 6.45) is 0.452. The predicted octanol–water partition coefficient (Wildman–Crippen LogP) is 12.9. The molecular weight excluding hydrogens is 915 g/mol. The van der Waals surface area contributed by atoms with Gasteiger partial charge in [-0.05, 0) is 54.6 Å². The zero-order valence-corrected chi connectivity index (χ0v) is 33.7. The minimum absolute atomic E-state index is 0.0403. The fourth-order valence-corrected chi connectivity index (χ4v) is 6.51. The molecule has 0 aliphatic heterocycles. The van der Waals surface area contributed by atoms with E-state index in [9.17, 15) is 22.8 Å². The van der Waals surface area contributed by atoms with Crippen molar-refractivity contribution in [1.82, 2.24) is 19.9 Å². The lowest BCUT2D eigenvalue weighted by Gasteiger charge is -2.35.